The van der Waals surface area contributed by atoms with Crippen molar-refractivity contribution >= 4 is 114 Å². The molecule has 19 aromatic rings. The summed E-state index contributed by atoms with van der Waals surface area (Å²) in [4.78, 5) is 37.6. The van der Waals surface area contributed by atoms with Crippen LogP contribution >= 0.6 is 93.2 Å². The summed E-state index contributed by atoms with van der Waals surface area (Å²) >= 11 is 12.3. The van der Waals surface area contributed by atoms with Gasteiger partial charge in [0.1, 0.15) is 0 Å². The minimum absolute atomic E-state index is 0.497. The molecule has 0 amide bonds. The van der Waals surface area contributed by atoms with Gasteiger partial charge in [0.2, 0.25) is 35.3 Å². The molecule has 0 bridgehead atoms. The Morgan fingerprint density at radius 2 is 0.798 bits per heavy atom. The number of nitrogens with zero attached hydrogens (tertiary/aromatic N) is 20. The quantitative estimate of drug-likeness (QED) is 0.0467. The molecule has 1 aliphatic rings. The van der Waals surface area contributed by atoms with E-state index in [1.807, 2.05) is 84.5 Å². The molecule has 620 valence electrons. The van der Waals surface area contributed by atoms with Crippen LogP contribution in [0.2, 0.25) is 0 Å². The third-order valence-electron chi connectivity index (χ3n) is 17.6. The van der Waals surface area contributed by atoms with Gasteiger partial charge in [0, 0.05) is 164 Å². The number of ether oxygens (including phenoxy) is 1. The van der Waals surface area contributed by atoms with Crippen LogP contribution in [0.3, 0.4) is 0 Å². The van der Waals surface area contributed by atoms with E-state index >= 15 is 0 Å². The van der Waals surface area contributed by atoms with Crippen molar-refractivity contribution in [3.63, 3.8) is 0 Å². The number of methoxy groups -OCH3 is 1. The van der Waals surface area contributed by atoms with Crippen molar-refractivity contribution in [1.29, 1.82) is 0 Å². The van der Waals surface area contributed by atoms with Gasteiger partial charge in [-0.15, -0.1) is 72.5 Å². The highest BCUT2D eigenvalue weighted by molar-refractivity contribution is 8.00. The molecule has 4 aromatic carbocycles. The number of pyridine rings is 6. The molecule has 20 rings (SSSR count). The van der Waals surface area contributed by atoms with Gasteiger partial charge >= 0.3 is 0 Å². The van der Waals surface area contributed by atoms with E-state index in [4.69, 9.17) is 31.2 Å². The van der Waals surface area contributed by atoms with Crippen LogP contribution in [0, 0.1) is 0 Å². The number of thioether (sulfide) groups is 5. The second kappa shape index (κ2) is 45.3. The van der Waals surface area contributed by atoms with Crippen molar-refractivity contribution in [3.05, 3.63) is 313 Å². The summed E-state index contributed by atoms with van der Waals surface area (Å²) in [5.74, 6) is 7.21. The average molecular weight is 1790 g/mol. The predicted molar refractivity (Wildman–Crippen MR) is 483 cm³/mol. The Bertz CT molecular complexity index is 6330. The van der Waals surface area contributed by atoms with Crippen LogP contribution < -0.4 is 4.74 Å². The Labute approximate surface area is 744 Å². The lowest BCUT2D eigenvalue weighted by molar-refractivity contribution is 0.412. The summed E-state index contributed by atoms with van der Waals surface area (Å²) < 4.78 is 40.1. The molecule has 0 aliphatic heterocycles. The molecular formula is C88H73N21O7S8. The highest BCUT2D eigenvalue weighted by Gasteiger charge is 2.17. The lowest BCUT2D eigenvalue weighted by Gasteiger charge is -2.01. The summed E-state index contributed by atoms with van der Waals surface area (Å²) in [6, 6.07) is 54.0. The van der Waals surface area contributed by atoms with E-state index in [0.29, 0.717) is 71.9 Å². The van der Waals surface area contributed by atoms with Gasteiger partial charge in [-0.05, 0) is 180 Å². The first kappa shape index (κ1) is 86.0. The van der Waals surface area contributed by atoms with E-state index < -0.39 is 0 Å². The molecule has 0 atom stereocenters. The zero-order valence-electron chi connectivity index (χ0n) is 66.4. The van der Waals surface area contributed by atoms with Crippen molar-refractivity contribution in [2.24, 2.45) is 0 Å². The highest BCUT2D eigenvalue weighted by atomic mass is 32.2. The number of aromatic amines is 1. The lowest BCUT2D eigenvalue weighted by Crippen LogP contribution is -1.89. The fourth-order valence-corrected chi connectivity index (χ4v) is 16.9. The van der Waals surface area contributed by atoms with Gasteiger partial charge in [0.25, 0.3) is 36.5 Å². The molecule has 0 unspecified atom stereocenters. The summed E-state index contributed by atoms with van der Waals surface area (Å²) in [6.45, 7) is 4.31. The van der Waals surface area contributed by atoms with Crippen LogP contribution in [0.1, 0.15) is 53.0 Å². The number of H-pyrrole nitrogens is 1. The molecule has 1 aliphatic carbocycles. The largest absolute Gasteiger partial charge is 0.473 e. The van der Waals surface area contributed by atoms with E-state index in [-0.39, 0.29) is 0 Å². The normalized spacial score (nSPS) is 11.3. The number of hydrogen-bond donors (Lipinski definition) is 1. The first-order chi connectivity index (χ1) is 61.2. The third-order valence-corrected chi connectivity index (χ3v) is 24.8. The molecule has 28 nitrogen and oxygen atoms in total. The summed E-state index contributed by atoms with van der Waals surface area (Å²) in [7, 11) is 1.61. The fourth-order valence-electron chi connectivity index (χ4n) is 11.2. The average Bonchev–Trinajstić information content (AvgIpc) is 1.71. The number of aryl methyl sites for hydroxylation is 3. The third kappa shape index (κ3) is 25.6. The van der Waals surface area contributed by atoms with E-state index in [2.05, 4.69) is 229 Å². The Morgan fingerprint density at radius 3 is 1.24 bits per heavy atom. The van der Waals surface area contributed by atoms with Gasteiger partial charge in [-0.25, -0.2) is 9.97 Å². The Balaban J connectivity index is 0.000000115. The van der Waals surface area contributed by atoms with Crippen molar-refractivity contribution in [3.8, 4) is 73.9 Å². The second-order valence-corrected chi connectivity index (χ2v) is 33.7. The van der Waals surface area contributed by atoms with Gasteiger partial charge < -0.3 is 36.2 Å². The zero-order chi connectivity index (χ0) is 84.5. The molecule has 0 spiro atoms. The van der Waals surface area contributed by atoms with E-state index in [9.17, 15) is 0 Å². The van der Waals surface area contributed by atoms with Crippen LogP contribution in [0.5, 0.6) is 5.19 Å². The number of aromatic nitrogens is 21. The van der Waals surface area contributed by atoms with Crippen molar-refractivity contribution < 1.29 is 31.2 Å². The Hall–Kier alpha value is -12.9. The smallest absolute Gasteiger partial charge is 0.281 e. The first-order valence-electron chi connectivity index (χ1n) is 38.4. The molecular weight excluding hydrogens is 1720 g/mol. The number of rotatable bonds is 27. The monoisotopic (exact) mass is 1790 g/mol. The topological polar surface area (TPSA) is 362 Å². The molecule has 36 heteroatoms. The highest BCUT2D eigenvalue weighted by Crippen LogP contribution is 2.35. The van der Waals surface area contributed by atoms with Gasteiger partial charge in [-0.2, -0.15) is 0 Å². The van der Waals surface area contributed by atoms with Gasteiger partial charge in [0.15, 0.2) is 0 Å². The van der Waals surface area contributed by atoms with Crippen LogP contribution in [0.25, 0.3) is 89.8 Å². The molecule has 1 N–H and O–H groups in total. The van der Waals surface area contributed by atoms with Gasteiger partial charge in [-0.3, -0.25) is 29.9 Å². The second-order valence-electron chi connectivity index (χ2n) is 26.0. The van der Waals surface area contributed by atoms with Crippen LogP contribution in [0.15, 0.2) is 343 Å². The lowest BCUT2D eigenvalue weighted by atomic mass is 10.1. The molecule has 15 aromatic heterocycles. The number of thiazole rings is 2. The molecule has 0 saturated heterocycles. The van der Waals surface area contributed by atoms with Gasteiger partial charge in [0.05, 0.1) is 22.8 Å². The maximum Gasteiger partial charge on any atom is 0.281 e. The number of allylic oxidation sites excluding steroid dienone is 3. The number of hydrogen-bond acceptors (Lipinski definition) is 35. The number of nitrogens with one attached hydrogen (secondary N) is 1. The predicted octanol–water partition coefficient (Wildman–Crippen LogP) is 21.8. The Morgan fingerprint density at radius 1 is 0.395 bits per heavy atom. The van der Waals surface area contributed by atoms with Crippen molar-refractivity contribution in [2.75, 3.05) is 18.6 Å². The van der Waals surface area contributed by atoms with Crippen molar-refractivity contribution in [1.82, 2.24) is 106 Å². The number of benzene rings is 4. The maximum absolute atomic E-state index is 5.67. The minimum atomic E-state index is 0.497. The Kier molecular flexibility index (Phi) is 31.4. The summed E-state index contributed by atoms with van der Waals surface area (Å²) in [5.41, 5.74) is 17.1. The van der Waals surface area contributed by atoms with Crippen molar-refractivity contribution in [2.45, 2.75) is 93.0 Å². The fraction of sp³-hybridized carbons (Fsp3) is 0.136. The van der Waals surface area contributed by atoms with E-state index in [0.717, 1.165) is 109 Å². The maximum atomic E-state index is 5.67. The first-order valence-corrected chi connectivity index (χ1v) is 45.8. The molecule has 15 heterocycles. The standard InChI is InChI=1S/C17H17N3OS.C16H12N4OS.C15H10N4OS2.C15H13N3OS.C13H11N3OS.C12H10N4O2S2/c1-2-13-3-5-14(6-4-13)9-12-22-17-20-19-16(21-17)15-7-10-18-11-8-15;1-2-12-5-8-18-14(12)9-11(1)10-22-16-20-19-15(21-16)13-3-6-17-7-4-13;1-2-13-12(17-9-22-13)7-10(1)8-21-15-19-18-14(20-15)11-3-5-16-6-4-11;1-2-11-3-5-13(6-4-11)20-15-18-17-14(19-15)12-7-9-16-10-8-12;1-2-4-10(3-1)9-18-13-16-15-12(17-13)11-5-7-14-8-6-11;1-17-11-14-6-9(20-11)7-19-12-16-15-10(18-12)8-2-4-13-5-3-8/h3-8,10-11H,2,9,12H2,1H3;1-9,18H,10H2;1-7,9H,8H2;3-10H,2H2,1H3;1-3,5-8H,4,9H2;2-6H,7H2,1H3. The van der Waals surface area contributed by atoms with Crippen LogP contribution in [-0.4, -0.2) is 125 Å². The summed E-state index contributed by atoms with van der Waals surface area (Å²) in [6.07, 6.45) is 34.7. The molecule has 124 heavy (non-hydrogen) atoms. The SMILES string of the molecule is C1=CCC(CSc2nnc(-c3ccncc3)o2)=C1.CCc1ccc(CCSc2nnc(-c3ccncc3)o2)cc1.CCc1ccc(Sc2nnc(-c3ccncc3)o2)cc1.COc1ncc(CSc2nnc(-c3ccncc3)o2)s1.c1cc(-c2nnc(SCc3ccc4cc[nH]c4c3)o2)ccn1.c1cc(-c2nnc(SCc3ccc4scnc4c3)o2)ccn1. The van der Waals surface area contributed by atoms with Crippen LogP contribution in [0.4, 0.5) is 0 Å². The molecule has 0 radical (unpaired) electrons. The van der Waals surface area contributed by atoms with Crippen LogP contribution in [-0.2, 0) is 36.5 Å². The molecule has 0 saturated carbocycles. The van der Waals surface area contributed by atoms with E-state index in [1.54, 1.807) is 123 Å². The van der Waals surface area contributed by atoms with Gasteiger partial charge in [-0.1, -0.05) is 162 Å². The summed E-state index contributed by atoms with van der Waals surface area (Å²) in [5, 5.41) is 53.9. The molecule has 0 fully saturated rings. The number of fused-ring (bicyclic) bond motifs is 2. The minimum Gasteiger partial charge on any atom is -0.473 e. The zero-order valence-corrected chi connectivity index (χ0v) is 72.9. The van der Waals surface area contributed by atoms with E-state index in [1.165, 1.54) is 102 Å².